The second-order valence-corrected chi connectivity index (χ2v) is 2.78. The Balaban J connectivity index is 0.00000144. The number of carbonyl (C=O) groups excluding carboxylic acids is 1. The molecule has 0 fully saturated rings. The number of amides is 1. The highest BCUT2D eigenvalue weighted by Gasteiger charge is 2.00. The van der Waals surface area contributed by atoms with E-state index in [1.807, 2.05) is 12.1 Å². The molecule has 1 rings (SSSR count). The largest absolute Gasteiger partial charge is 0.290 e. The van der Waals surface area contributed by atoms with Crippen molar-refractivity contribution in [3.05, 3.63) is 35.4 Å². The summed E-state index contributed by atoms with van der Waals surface area (Å²) in [7, 11) is 2.62. The minimum atomic E-state index is -0.259. The van der Waals surface area contributed by atoms with Gasteiger partial charge < -0.3 is 0 Å². The van der Waals surface area contributed by atoms with E-state index in [-0.39, 0.29) is 22.9 Å². The quantitative estimate of drug-likeness (QED) is 0.365. The minimum Gasteiger partial charge on any atom is -0.290 e. The first-order chi connectivity index (χ1) is 5.77. The third kappa shape index (κ3) is 3.43. The number of rotatable bonds is 2. The molecular formula is C8H12BrN2OP. The summed E-state index contributed by atoms with van der Waals surface area (Å²) in [6.45, 7) is 0. The molecule has 0 radical (unpaired) electrons. The summed E-state index contributed by atoms with van der Waals surface area (Å²) in [5, 5.41) is 0. The first-order valence-corrected chi connectivity index (χ1v) is 4.39. The highest BCUT2D eigenvalue weighted by Crippen LogP contribution is 2.07. The third-order valence-electron chi connectivity index (χ3n) is 1.58. The molecule has 0 saturated heterocycles. The predicted octanol–water partition coefficient (Wildman–Crippen LogP) is 1.24. The normalized spacial score (nSPS) is 8.77. The van der Waals surface area contributed by atoms with Crippen LogP contribution in [-0.2, 0) is 6.16 Å². The molecule has 0 saturated carbocycles. The van der Waals surface area contributed by atoms with Crippen molar-refractivity contribution in [3.63, 3.8) is 0 Å². The van der Waals surface area contributed by atoms with Crippen LogP contribution >= 0.6 is 26.2 Å². The highest BCUT2D eigenvalue weighted by atomic mass is 79.9. The van der Waals surface area contributed by atoms with E-state index in [1.54, 1.807) is 12.1 Å². The first kappa shape index (κ1) is 12.6. The maximum atomic E-state index is 11.0. The van der Waals surface area contributed by atoms with Crippen LogP contribution in [0.2, 0.25) is 0 Å². The van der Waals surface area contributed by atoms with Gasteiger partial charge in [-0.25, -0.2) is 5.84 Å². The number of halogens is 1. The zero-order chi connectivity index (χ0) is 8.97. The molecule has 5 heteroatoms. The molecule has 0 bridgehead atoms. The topological polar surface area (TPSA) is 55.1 Å². The van der Waals surface area contributed by atoms with Gasteiger partial charge in [0.15, 0.2) is 0 Å². The Hall–Kier alpha value is -0.440. The van der Waals surface area contributed by atoms with Crippen LogP contribution in [0.3, 0.4) is 0 Å². The van der Waals surface area contributed by atoms with Crippen LogP contribution in [0.4, 0.5) is 0 Å². The molecular weight excluding hydrogens is 251 g/mol. The molecule has 1 amide bonds. The SMILES string of the molecule is Br.NNC(=O)c1ccc(CP)cc1. The van der Waals surface area contributed by atoms with E-state index in [9.17, 15) is 4.79 Å². The summed E-state index contributed by atoms with van der Waals surface area (Å²) in [5.74, 6) is 4.71. The van der Waals surface area contributed by atoms with Crippen LogP contribution in [0.25, 0.3) is 0 Å². The van der Waals surface area contributed by atoms with E-state index in [0.717, 1.165) is 6.16 Å². The maximum absolute atomic E-state index is 11.0. The number of nitrogen functional groups attached to an aromatic ring is 1. The molecule has 3 nitrogen and oxygen atoms in total. The molecule has 0 heterocycles. The molecule has 0 aromatic heterocycles. The molecule has 1 aromatic rings. The fraction of sp³-hybridized carbons (Fsp3) is 0.125. The van der Waals surface area contributed by atoms with Gasteiger partial charge in [0.05, 0.1) is 0 Å². The van der Waals surface area contributed by atoms with Gasteiger partial charge in [0.25, 0.3) is 5.91 Å². The van der Waals surface area contributed by atoms with E-state index in [0.29, 0.717) is 5.56 Å². The van der Waals surface area contributed by atoms with Gasteiger partial charge in [-0.3, -0.25) is 10.2 Å². The van der Waals surface area contributed by atoms with E-state index >= 15 is 0 Å². The summed E-state index contributed by atoms with van der Waals surface area (Å²) in [6, 6.07) is 7.30. The fourth-order valence-corrected chi connectivity index (χ4v) is 1.15. The average Bonchev–Trinajstić information content (AvgIpc) is 2.17. The van der Waals surface area contributed by atoms with Crippen LogP contribution in [0.5, 0.6) is 0 Å². The number of hydrogen-bond donors (Lipinski definition) is 2. The Morgan fingerprint density at radius 1 is 1.38 bits per heavy atom. The lowest BCUT2D eigenvalue weighted by atomic mass is 10.1. The van der Waals surface area contributed by atoms with Gasteiger partial charge in [-0.15, -0.1) is 26.2 Å². The lowest BCUT2D eigenvalue weighted by molar-refractivity contribution is 0.0953. The van der Waals surface area contributed by atoms with E-state index in [1.165, 1.54) is 5.56 Å². The summed E-state index contributed by atoms with van der Waals surface area (Å²) in [5.41, 5.74) is 3.83. The zero-order valence-corrected chi connectivity index (χ0v) is 9.86. The number of nitrogens with one attached hydrogen (secondary N) is 1. The van der Waals surface area contributed by atoms with E-state index < -0.39 is 0 Å². The molecule has 1 unspecified atom stereocenters. The van der Waals surface area contributed by atoms with E-state index in [2.05, 4.69) is 14.7 Å². The van der Waals surface area contributed by atoms with Gasteiger partial charge in [-0.05, 0) is 23.9 Å². The second kappa shape index (κ2) is 6.08. The van der Waals surface area contributed by atoms with Crippen LogP contribution in [-0.4, -0.2) is 5.91 Å². The molecule has 13 heavy (non-hydrogen) atoms. The zero-order valence-electron chi connectivity index (χ0n) is 6.99. The minimum absolute atomic E-state index is 0. The monoisotopic (exact) mass is 262 g/mol. The number of hydrogen-bond acceptors (Lipinski definition) is 2. The Morgan fingerprint density at radius 3 is 2.31 bits per heavy atom. The van der Waals surface area contributed by atoms with Crippen LogP contribution < -0.4 is 11.3 Å². The highest BCUT2D eigenvalue weighted by molar-refractivity contribution is 8.93. The smallest absolute Gasteiger partial charge is 0.265 e. The Labute approximate surface area is 90.0 Å². The predicted molar refractivity (Wildman–Crippen MR) is 61.8 cm³/mol. The van der Waals surface area contributed by atoms with Gasteiger partial charge in [-0.1, -0.05) is 12.1 Å². The fourth-order valence-electron chi connectivity index (χ4n) is 0.876. The molecule has 0 spiro atoms. The average molecular weight is 263 g/mol. The van der Waals surface area contributed by atoms with Crippen LogP contribution in [0.15, 0.2) is 24.3 Å². The van der Waals surface area contributed by atoms with Gasteiger partial charge in [0.2, 0.25) is 0 Å². The standard InChI is InChI=1S/C8H11N2OP.BrH/c9-10-8(11)7-3-1-6(5-12)2-4-7;/h1-4H,5,9,12H2,(H,10,11);1H. The van der Waals surface area contributed by atoms with Crippen molar-refractivity contribution in [1.29, 1.82) is 0 Å². The summed E-state index contributed by atoms with van der Waals surface area (Å²) in [6.07, 6.45) is 0.893. The van der Waals surface area contributed by atoms with Crippen molar-refractivity contribution in [3.8, 4) is 0 Å². The Morgan fingerprint density at radius 2 is 1.92 bits per heavy atom. The number of hydrazine groups is 1. The number of nitrogens with two attached hydrogens (primary N) is 1. The Kier molecular flexibility index (Phi) is 5.88. The van der Waals surface area contributed by atoms with Crippen molar-refractivity contribution in [2.75, 3.05) is 0 Å². The van der Waals surface area contributed by atoms with Crippen molar-refractivity contribution < 1.29 is 4.79 Å². The van der Waals surface area contributed by atoms with Crippen molar-refractivity contribution in [2.45, 2.75) is 6.16 Å². The van der Waals surface area contributed by atoms with Gasteiger partial charge in [0, 0.05) is 5.56 Å². The van der Waals surface area contributed by atoms with Gasteiger partial charge >= 0.3 is 0 Å². The third-order valence-corrected chi connectivity index (χ3v) is 2.05. The molecule has 0 aliphatic heterocycles. The van der Waals surface area contributed by atoms with Crippen molar-refractivity contribution in [1.82, 2.24) is 5.43 Å². The summed E-state index contributed by atoms with van der Waals surface area (Å²) >= 11 is 0. The van der Waals surface area contributed by atoms with Gasteiger partial charge in [-0.2, -0.15) is 0 Å². The summed E-state index contributed by atoms with van der Waals surface area (Å²) < 4.78 is 0. The van der Waals surface area contributed by atoms with Crippen molar-refractivity contribution >= 4 is 32.1 Å². The number of benzene rings is 1. The van der Waals surface area contributed by atoms with Crippen molar-refractivity contribution in [2.24, 2.45) is 5.84 Å². The molecule has 72 valence electrons. The molecule has 1 aromatic carbocycles. The van der Waals surface area contributed by atoms with Crippen LogP contribution in [0.1, 0.15) is 15.9 Å². The van der Waals surface area contributed by atoms with E-state index in [4.69, 9.17) is 5.84 Å². The Bertz CT molecular complexity index is 276. The lowest BCUT2D eigenvalue weighted by Gasteiger charge is -2.00. The second-order valence-electron chi connectivity index (χ2n) is 2.37. The first-order valence-electron chi connectivity index (χ1n) is 3.58. The molecule has 0 aliphatic carbocycles. The molecule has 0 aliphatic rings. The lowest BCUT2D eigenvalue weighted by Crippen LogP contribution is -2.29. The van der Waals surface area contributed by atoms with Gasteiger partial charge in [0.1, 0.15) is 0 Å². The number of carbonyl (C=O) groups is 1. The maximum Gasteiger partial charge on any atom is 0.265 e. The van der Waals surface area contributed by atoms with Crippen LogP contribution in [0, 0.1) is 0 Å². The summed E-state index contributed by atoms with van der Waals surface area (Å²) in [4.78, 5) is 11.0. The molecule has 3 N–H and O–H groups in total. The molecule has 1 atom stereocenters.